The number of benzene rings is 2. The van der Waals surface area contributed by atoms with Gasteiger partial charge in [0.15, 0.2) is 0 Å². The third-order valence-electron chi connectivity index (χ3n) is 3.00. The summed E-state index contributed by atoms with van der Waals surface area (Å²) in [5.74, 6) is 5.72. The molecule has 0 unspecified atom stereocenters. The van der Waals surface area contributed by atoms with Crippen LogP contribution in [0.3, 0.4) is 0 Å². The van der Waals surface area contributed by atoms with Gasteiger partial charge in [-0.15, -0.1) is 0 Å². The Hall–Kier alpha value is -2.37. The number of aromatic nitrogens is 2. The second-order valence-corrected chi connectivity index (χ2v) is 4.60. The fourth-order valence-electron chi connectivity index (χ4n) is 2.09. The van der Waals surface area contributed by atoms with E-state index in [1.807, 2.05) is 6.07 Å². The number of halogens is 1. The summed E-state index contributed by atoms with van der Waals surface area (Å²) in [4.78, 5) is 17.0. The van der Waals surface area contributed by atoms with Gasteiger partial charge in [0.05, 0.1) is 21.6 Å². The number of fused-ring (bicyclic) bond motifs is 1. The molecule has 6 heteroatoms. The van der Waals surface area contributed by atoms with E-state index >= 15 is 0 Å². The first-order chi connectivity index (χ1) is 9.72. The van der Waals surface area contributed by atoms with E-state index in [0.717, 1.165) is 0 Å². The fourth-order valence-corrected chi connectivity index (χ4v) is 2.31. The Morgan fingerprint density at radius 3 is 2.55 bits per heavy atom. The van der Waals surface area contributed by atoms with Crippen molar-refractivity contribution in [3.8, 4) is 5.69 Å². The molecule has 5 nitrogen and oxygen atoms in total. The first-order valence-corrected chi connectivity index (χ1v) is 6.33. The molecule has 1 heterocycles. The van der Waals surface area contributed by atoms with Gasteiger partial charge in [-0.25, -0.2) is 15.4 Å². The maximum atomic E-state index is 12.6. The second-order valence-electron chi connectivity index (χ2n) is 4.19. The van der Waals surface area contributed by atoms with Crippen molar-refractivity contribution in [1.29, 1.82) is 0 Å². The number of hydrogen-bond donors (Lipinski definition) is 2. The van der Waals surface area contributed by atoms with Crippen molar-refractivity contribution >= 4 is 28.5 Å². The van der Waals surface area contributed by atoms with E-state index in [-0.39, 0.29) is 11.5 Å². The molecule has 2 aromatic carbocycles. The predicted octanol–water partition coefficient (Wildman–Crippen LogP) is 2.32. The first kappa shape index (κ1) is 12.7. The van der Waals surface area contributed by atoms with Crippen molar-refractivity contribution in [3.63, 3.8) is 0 Å². The smallest absolute Gasteiger partial charge is 0.267 e. The predicted molar refractivity (Wildman–Crippen MR) is 80.2 cm³/mol. The highest BCUT2D eigenvalue weighted by atomic mass is 35.5. The summed E-state index contributed by atoms with van der Waals surface area (Å²) in [6.07, 6.45) is 0. The molecule has 0 amide bonds. The lowest BCUT2D eigenvalue weighted by atomic mass is 10.2. The van der Waals surface area contributed by atoms with Gasteiger partial charge in [-0.05, 0) is 24.3 Å². The minimum absolute atomic E-state index is 0.225. The van der Waals surface area contributed by atoms with Gasteiger partial charge >= 0.3 is 0 Å². The molecule has 0 aliphatic carbocycles. The molecular formula is C14H11ClN4O. The SMILES string of the molecule is NNc1nc2ccccc2c(=O)n1-c1ccccc1Cl. The lowest BCUT2D eigenvalue weighted by Crippen LogP contribution is -2.26. The minimum Gasteiger partial charge on any atom is -0.293 e. The van der Waals surface area contributed by atoms with E-state index in [1.54, 1.807) is 42.5 Å². The number of nitrogen functional groups attached to an aromatic ring is 1. The number of nitrogens with zero attached hydrogens (tertiary/aromatic N) is 2. The standard InChI is InChI=1S/C14H11ClN4O/c15-10-6-2-4-8-12(10)19-13(20)9-5-1-3-7-11(9)17-14(19)18-16/h1-8H,16H2,(H,17,18). The molecule has 100 valence electrons. The number of rotatable bonds is 2. The topological polar surface area (TPSA) is 72.9 Å². The number of hydrazine groups is 1. The molecule has 20 heavy (non-hydrogen) atoms. The van der Waals surface area contributed by atoms with Crippen LogP contribution in [-0.4, -0.2) is 9.55 Å². The average Bonchev–Trinajstić information content (AvgIpc) is 2.48. The van der Waals surface area contributed by atoms with E-state index in [2.05, 4.69) is 10.4 Å². The largest absolute Gasteiger partial charge is 0.293 e. The lowest BCUT2D eigenvalue weighted by molar-refractivity contribution is 0.956. The summed E-state index contributed by atoms with van der Waals surface area (Å²) in [6, 6.07) is 14.1. The van der Waals surface area contributed by atoms with E-state index in [9.17, 15) is 4.79 Å². The monoisotopic (exact) mass is 286 g/mol. The number of anilines is 1. The molecule has 0 saturated carbocycles. The Labute approximate surface area is 119 Å². The number of nitrogens with two attached hydrogens (primary N) is 1. The van der Waals surface area contributed by atoms with Gasteiger partial charge in [-0.1, -0.05) is 35.9 Å². The van der Waals surface area contributed by atoms with Gasteiger partial charge in [-0.2, -0.15) is 0 Å². The van der Waals surface area contributed by atoms with Gasteiger partial charge in [0.1, 0.15) is 0 Å². The van der Waals surface area contributed by atoms with E-state index in [4.69, 9.17) is 17.4 Å². The van der Waals surface area contributed by atoms with Crippen molar-refractivity contribution < 1.29 is 0 Å². The van der Waals surface area contributed by atoms with Crippen LogP contribution in [0, 0.1) is 0 Å². The molecule has 0 spiro atoms. The molecule has 1 aromatic heterocycles. The first-order valence-electron chi connectivity index (χ1n) is 5.95. The number of para-hydroxylation sites is 2. The highest BCUT2D eigenvalue weighted by molar-refractivity contribution is 6.32. The van der Waals surface area contributed by atoms with E-state index < -0.39 is 0 Å². The van der Waals surface area contributed by atoms with E-state index in [1.165, 1.54) is 4.57 Å². The van der Waals surface area contributed by atoms with Crippen LogP contribution in [0.4, 0.5) is 5.95 Å². The van der Waals surface area contributed by atoms with Crippen LogP contribution in [0.1, 0.15) is 0 Å². The molecule has 0 bridgehead atoms. The highest BCUT2D eigenvalue weighted by Crippen LogP contribution is 2.22. The van der Waals surface area contributed by atoms with Crippen molar-refractivity contribution in [2.45, 2.75) is 0 Å². The lowest BCUT2D eigenvalue weighted by Gasteiger charge is -2.13. The van der Waals surface area contributed by atoms with Crippen LogP contribution in [-0.2, 0) is 0 Å². The number of nitrogens with one attached hydrogen (secondary N) is 1. The molecular weight excluding hydrogens is 276 g/mol. The molecule has 3 N–H and O–H groups in total. The maximum Gasteiger partial charge on any atom is 0.267 e. The quantitative estimate of drug-likeness (QED) is 0.560. The Morgan fingerprint density at radius 1 is 1.10 bits per heavy atom. The zero-order valence-corrected chi connectivity index (χ0v) is 11.1. The van der Waals surface area contributed by atoms with Crippen LogP contribution in [0.5, 0.6) is 0 Å². The number of hydrogen-bond acceptors (Lipinski definition) is 4. The summed E-state index contributed by atoms with van der Waals surface area (Å²) in [5, 5.41) is 0.953. The molecule has 0 atom stereocenters. The van der Waals surface area contributed by atoms with Crippen LogP contribution in [0.25, 0.3) is 16.6 Å². The zero-order valence-electron chi connectivity index (χ0n) is 10.4. The Morgan fingerprint density at radius 2 is 1.80 bits per heavy atom. The minimum atomic E-state index is -0.225. The Bertz CT molecular complexity index is 844. The van der Waals surface area contributed by atoms with Crippen molar-refractivity contribution in [2.75, 3.05) is 5.43 Å². The fraction of sp³-hybridized carbons (Fsp3) is 0. The third-order valence-corrected chi connectivity index (χ3v) is 3.32. The molecule has 0 fully saturated rings. The van der Waals surface area contributed by atoms with Gasteiger partial charge in [0, 0.05) is 0 Å². The summed E-state index contributed by atoms with van der Waals surface area (Å²) >= 11 is 6.15. The van der Waals surface area contributed by atoms with Crippen LogP contribution in [0.15, 0.2) is 53.3 Å². The highest BCUT2D eigenvalue weighted by Gasteiger charge is 2.13. The zero-order chi connectivity index (χ0) is 14.1. The second kappa shape index (κ2) is 4.96. The van der Waals surface area contributed by atoms with Gasteiger partial charge in [-0.3, -0.25) is 10.2 Å². The molecule has 0 radical (unpaired) electrons. The summed E-state index contributed by atoms with van der Waals surface area (Å²) in [7, 11) is 0. The van der Waals surface area contributed by atoms with E-state index in [0.29, 0.717) is 21.6 Å². The van der Waals surface area contributed by atoms with Crippen molar-refractivity contribution in [1.82, 2.24) is 9.55 Å². The van der Waals surface area contributed by atoms with Crippen LogP contribution in [0.2, 0.25) is 5.02 Å². The van der Waals surface area contributed by atoms with Crippen LogP contribution >= 0.6 is 11.6 Å². The normalized spacial score (nSPS) is 10.7. The van der Waals surface area contributed by atoms with Crippen molar-refractivity contribution in [2.24, 2.45) is 5.84 Å². The van der Waals surface area contributed by atoms with Gasteiger partial charge in [0.2, 0.25) is 5.95 Å². The Balaban J connectivity index is 2.43. The molecule has 0 aliphatic rings. The van der Waals surface area contributed by atoms with Crippen LogP contribution < -0.4 is 16.8 Å². The molecule has 3 aromatic rings. The maximum absolute atomic E-state index is 12.6. The molecule has 0 aliphatic heterocycles. The summed E-state index contributed by atoms with van der Waals surface area (Å²) < 4.78 is 1.37. The summed E-state index contributed by atoms with van der Waals surface area (Å²) in [5.41, 5.74) is 3.33. The van der Waals surface area contributed by atoms with Gasteiger partial charge in [0.25, 0.3) is 5.56 Å². The van der Waals surface area contributed by atoms with Gasteiger partial charge < -0.3 is 0 Å². The Kier molecular flexibility index (Phi) is 3.14. The third kappa shape index (κ3) is 1.93. The molecule has 0 saturated heterocycles. The molecule has 3 rings (SSSR count). The summed E-state index contributed by atoms with van der Waals surface area (Å²) in [6.45, 7) is 0. The van der Waals surface area contributed by atoms with Crippen molar-refractivity contribution in [3.05, 3.63) is 63.9 Å². The average molecular weight is 287 g/mol.